The molecule has 0 saturated carbocycles. The number of alkyl halides is 1. The van der Waals surface area contributed by atoms with Gasteiger partial charge in [0.1, 0.15) is 17.7 Å². The van der Waals surface area contributed by atoms with E-state index >= 15 is 0 Å². The Hall–Kier alpha value is -3.06. The molecule has 7 heteroatoms. The SMILES string of the molecule is COc1ccc(N(CCC(F)CCCc2ccccc2OC)S(=O)(=O)c2ccc(C)cc2)cc1. The highest BCUT2D eigenvalue weighted by Crippen LogP contribution is 2.27. The third kappa shape index (κ3) is 6.50. The molecule has 34 heavy (non-hydrogen) atoms. The van der Waals surface area contributed by atoms with E-state index in [1.807, 2.05) is 31.2 Å². The second kappa shape index (κ2) is 11.9. The van der Waals surface area contributed by atoms with E-state index in [1.54, 1.807) is 62.8 Å². The number of rotatable bonds is 12. The zero-order valence-corrected chi connectivity index (χ0v) is 20.7. The zero-order valence-electron chi connectivity index (χ0n) is 19.9. The Labute approximate surface area is 202 Å². The van der Waals surface area contributed by atoms with Gasteiger partial charge in [-0.2, -0.15) is 0 Å². The molecule has 182 valence electrons. The van der Waals surface area contributed by atoms with Gasteiger partial charge in [0, 0.05) is 6.54 Å². The number of sulfonamides is 1. The molecule has 0 aliphatic rings. The molecule has 0 aromatic heterocycles. The Morgan fingerprint density at radius 1 is 0.882 bits per heavy atom. The Bertz CT molecular complexity index is 1150. The van der Waals surface area contributed by atoms with E-state index in [1.165, 1.54) is 4.31 Å². The van der Waals surface area contributed by atoms with E-state index < -0.39 is 16.2 Å². The van der Waals surface area contributed by atoms with Gasteiger partial charge in [0.05, 0.1) is 24.8 Å². The first-order valence-electron chi connectivity index (χ1n) is 11.3. The molecule has 0 spiro atoms. The summed E-state index contributed by atoms with van der Waals surface area (Å²) < 4.78 is 53.6. The van der Waals surface area contributed by atoms with Gasteiger partial charge in [-0.05, 0) is 80.6 Å². The predicted molar refractivity (Wildman–Crippen MR) is 134 cm³/mol. The van der Waals surface area contributed by atoms with E-state index in [2.05, 4.69) is 0 Å². The van der Waals surface area contributed by atoms with Crippen molar-refractivity contribution in [1.82, 2.24) is 0 Å². The predicted octanol–water partition coefficient (Wildman–Crippen LogP) is 5.96. The molecule has 0 bridgehead atoms. The molecule has 0 saturated heterocycles. The van der Waals surface area contributed by atoms with Crippen molar-refractivity contribution in [2.75, 3.05) is 25.1 Å². The molecular formula is C27H32FNO4S. The Morgan fingerprint density at radius 3 is 2.21 bits per heavy atom. The van der Waals surface area contributed by atoms with Crippen LogP contribution in [0.2, 0.25) is 0 Å². The summed E-state index contributed by atoms with van der Waals surface area (Å²) in [6, 6.07) is 21.2. The van der Waals surface area contributed by atoms with Gasteiger partial charge in [0.15, 0.2) is 0 Å². The van der Waals surface area contributed by atoms with Crippen molar-refractivity contribution in [3.8, 4) is 11.5 Å². The normalized spacial score (nSPS) is 12.2. The van der Waals surface area contributed by atoms with Gasteiger partial charge in [0.2, 0.25) is 0 Å². The van der Waals surface area contributed by atoms with Gasteiger partial charge < -0.3 is 9.47 Å². The minimum absolute atomic E-state index is 0.0400. The Kier molecular flexibility index (Phi) is 8.93. The summed E-state index contributed by atoms with van der Waals surface area (Å²) in [6.45, 7) is 1.94. The van der Waals surface area contributed by atoms with Crippen LogP contribution in [-0.4, -0.2) is 35.4 Å². The van der Waals surface area contributed by atoms with Crippen molar-refractivity contribution in [3.63, 3.8) is 0 Å². The second-order valence-electron chi connectivity index (χ2n) is 8.18. The minimum Gasteiger partial charge on any atom is -0.497 e. The summed E-state index contributed by atoms with van der Waals surface area (Å²) in [5, 5.41) is 0. The molecule has 3 rings (SSSR count). The highest BCUT2D eigenvalue weighted by molar-refractivity contribution is 7.92. The number of benzene rings is 3. The summed E-state index contributed by atoms with van der Waals surface area (Å²) >= 11 is 0. The maximum atomic E-state index is 14.9. The molecule has 0 heterocycles. The molecule has 0 aliphatic carbocycles. The minimum atomic E-state index is -3.85. The third-order valence-electron chi connectivity index (χ3n) is 5.77. The lowest BCUT2D eigenvalue weighted by molar-refractivity contribution is 0.294. The topological polar surface area (TPSA) is 55.8 Å². The van der Waals surface area contributed by atoms with Gasteiger partial charge in [0.25, 0.3) is 10.0 Å². The van der Waals surface area contributed by atoms with Crippen LogP contribution in [-0.2, 0) is 16.4 Å². The van der Waals surface area contributed by atoms with Gasteiger partial charge in [-0.1, -0.05) is 35.9 Å². The molecule has 0 radical (unpaired) electrons. The molecule has 0 aliphatic heterocycles. The maximum absolute atomic E-state index is 14.9. The second-order valence-corrected chi connectivity index (χ2v) is 10.0. The zero-order chi connectivity index (χ0) is 24.6. The number of hydrogen-bond acceptors (Lipinski definition) is 4. The quantitative estimate of drug-likeness (QED) is 0.318. The van der Waals surface area contributed by atoms with E-state index in [4.69, 9.17) is 9.47 Å². The molecule has 0 N–H and O–H groups in total. The van der Waals surface area contributed by atoms with E-state index in [0.717, 1.165) is 16.9 Å². The summed E-state index contributed by atoms with van der Waals surface area (Å²) in [4.78, 5) is 0.181. The van der Waals surface area contributed by atoms with Gasteiger partial charge in [-0.25, -0.2) is 12.8 Å². The molecule has 3 aromatic carbocycles. The first kappa shape index (κ1) is 25.6. The van der Waals surface area contributed by atoms with Crippen LogP contribution >= 0.6 is 0 Å². The third-order valence-corrected chi connectivity index (χ3v) is 7.61. The van der Waals surface area contributed by atoms with Crippen LogP contribution in [0.4, 0.5) is 10.1 Å². The molecule has 1 atom stereocenters. The molecule has 0 amide bonds. The number of aryl methyl sites for hydroxylation is 2. The van der Waals surface area contributed by atoms with Crippen LogP contribution in [0.5, 0.6) is 11.5 Å². The molecular weight excluding hydrogens is 453 g/mol. The van der Waals surface area contributed by atoms with Crippen LogP contribution in [0.25, 0.3) is 0 Å². The van der Waals surface area contributed by atoms with Gasteiger partial charge in [-0.3, -0.25) is 4.31 Å². The van der Waals surface area contributed by atoms with E-state index in [-0.39, 0.29) is 17.9 Å². The van der Waals surface area contributed by atoms with Crippen LogP contribution < -0.4 is 13.8 Å². The van der Waals surface area contributed by atoms with Crippen molar-refractivity contribution in [2.24, 2.45) is 0 Å². The number of para-hydroxylation sites is 1. The summed E-state index contributed by atoms with van der Waals surface area (Å²) in [5.74, 6) is 1.42. The highest BCUT2D eigenvalue weighted by atomic mass is 32.2. The number of hydrogen-bond donors (Lipinski definition) is 0. The number of nitrogens with zero attached hydrogens (tertiary/aromatic N) is 1. The lowest BCUT2D eigenvalue weighted by atomic mass is 10.0. The first-order valence-corrected chi connectivity index (χ1v) is 12.8. The van der Waals surface area contributed by atoms with Crippen molar-refractivity contribution in [2.45, 2.75) is 43.7 Å². The highest BCUT2D eigenvalue weighted by Gasteiger charge is 2.26. The van der Waals surface area contributed by atoms with Crippen LogP contribution in [0, 0.1) is 6.92 Å². The van der Waals surface area contributed by atoms with Gasteiger partial charge in [-0.15, -0.1) is 0 Å². The average molecular weight is 486 g/mol. The molecule has 1 unspecified atom stereocenters. The van der Waals surface area contributed by atoms with Crippen LogP contribution in [0.15, 0.2) is 77.7 Å². The van der Waals surface area contributed by atoms with E-state index in [0.29, 0.717) is 30.7 Å². The monoisotopic (exact) mass is 485 g/mol. The van der Waals surface area contributed by atoms with Crippen molar-refractivity contribution in [1.29, 1.82) is 0 Å². The largest absolute Gasteiger partial charge is 0.497 e. The Balaban J connectivity index is 1.70. The molecule has 5 nitrogen and oxygen atoms in total. The lowest BCUT2D eigenvalue weighted by Gasteiger charge is -2.25. The average Bonchev–Trinajstić information content (AvgIpc) is 2.85. The number of methoxy groups -OCH3 is 2. The first-order chi connectivity index (χ1) is 16.3. The van der Waals surface area contributed by atoms with Gasteiger partial charge >= 0.3 is 0 Å². The van der Waals surface area contributed by atoms with Crippen molar-refractivity contribution < 1.29 is 22.3 Å². The number of anilines is 1. The fraction of sp³-hybridized carbons (Fsp3) is 0.333. The van der Waals surface area contributed by atoms with Crippen LogP contribution in [0.1, 0.15) is 30.4 Å². The summed E-state index contributed by atoms with van der Waals surface area (Å²) in [6.07, 6.45) is 0.675. The lowest BCUT2D eigenvalue weighted by Crippen LogP contribution is -2.33. The van der Waals surface area contributed by atoms with Crippen molar-refractivity contribution >= 4 is 15.7 Å². The maximum Gasteiger partial charge on any atom is 0.264 e. The summed E-state index contributed by atoms with van der Waals surface area (Å²) in [5.41, 5.74) is 2.48. The Morgan fingerprint density at radius 2 is 1.56 bits per heavy atom. The fourth-order valence-corrected chi connectivity index (χ4v) is 5.28. The molecule has 3 aromatic rings. The van der Waals surface area contributed by atoms with E-state index in [9.17, 15) is 12.8 Å². The molecule has 0 fully saturated rings. The van der Waals surface area contributed by atoms with Crippen LogP contribution in [0.3, 0.4) is 0 Å². The van der Waals surface area contributed by atoms with Crippen molar-refractivity contribution in [3.05, 3.63) is 83.9 Å². The summed E-state index contributed by atoms with van der Waals surface area (Å²) in [7, 11) is -0.675. The smallest absolute Gasteiger partial charge is 0.264 e. The number of ether oxygens (including phenoxy) is 2. The standard InChI is InChI=1S/C27H32FNO4S/c1-21-11-17-26(18-12-21)34(30,31)29(24-13-15-25(32-2)16-14-24)20-19-23(28)9-6-8-22-7-4-5-10-27(22)33-3/h4-5,7,10-18,23H,6,8-9,19-20H2,1-3H3. The fourth-order valence-electron chi connectivity index (χ4n) is 3.80. The number of halogens is 1.